The van der Waals surface area contributed by atoms with Crippen LogP contribution >= 0.6 is 0 Å². The minimum absolute atomic E-state index is 0.119. The average molecular weight is 222 g/mol. The van der Waals surface area contributed by atoms with Gasteiger partial charge < -0.3 is 10.6 Å². The molecule has 3 nitrogen and oxygen atoms in total. The maximum absolute atomic E-state index is 13.5. The molecule has 2 rings (SSSR count). The second-order valence-electron chi connectivity index (χ2n) is 4.15. The molecule has 1 amide bonds. The number of amides is 1. The van der Waals surface area contributed by atoms with Gasteiger partial charge in [0.25, 0.3) is 5.91 Å². The monoisotopic (exact) mass is 222 g/mol. The number of halogens is 1. The lowest BCUT2D eigenvalue weighted by Crippen LogP contribution is -2.36. The Morgan fingerprint density at radius 2 is 2.38 bits per heavy atom. The topological polar surface area (TPSA) is 41.1 Å². The molecule has 1 unspecified atom stereocenters. The maximum atomic E-state index is 13.5. The summed E-state index contributed by atoms with van der Waals surface area (Å²) in [4.78, 5) is 11.8. The van der Waals surface area contributed by atoms with Crippen LogP contribution in [0.1, 0.15) is 22.3 Å². The Bertz CT molecular complexity index is 400. The summed E-state index contributed by atoms with van der Waals surface area (Å²) in [5.74, 6) is -0.783. The van der Waals surface area contributed by atoms with E-state index in [1.54, 1.807) is 13.0 Å². The molecule has 2 N–H and O–H groups in total. The summed E-state index contributed by atoms with van der Waals surface area (Å²) in [7, 11) is 0. The molecule has 4 heteroatoms. The SMILES string of the molecule is Cc1ccc(C(=O)NC2CCNC2)c(F)c1. The van der Waals surface area contributed by atoms with Crippen LogP contribution in [-0.4, -0.2) is 25.0 Å². The third-order valence-electron chi connectivity index (χ3n) is 2.76. The number of carbonyl (C=O) groups is 1. The van der Waals surface area contributed by atoms with Crippen molar-refractivity contribution in [2.45, 2.75) is 19.4 Å². The van der Waals surface area contributed by atoms with Gasteiger partial charge in [-0.2, -0.15) is 0 Å². The van der Waals surface area contributed by atoms with Crippen molar-refractivity contribution in [1.29, 1.82) is 0 Å². The molecule has 0 saturated carbocycles. The number of rotatable bonds is 2. The summed E-state index contributed by atoms with van der Waals surface area (Å²) >= 11 is 0. The van der Waals surface area contributed by atoms with Gasteiger partial charge in [0.15, 0.2) is 0 Å². The molecule has 1 aromatic carbocycles. The molecule has 1 saturated heterocycles. The van der Waals surface area contributed by atoms with E-state index >= 15 is 0 Å². The van der Waals surface area contributed by atoms with Gasteiger partial charge in [0.2, 0.25) is 0 Å². The summed E-state index contributed by atoms with van der Waals surface area (Å²) in [5.41, 5.74) is 0.939. The van der Waals surface area contributed by atoms with Crippen molar-refractivity contribution in [3.63, 3.8) is 0 Å². The highest BCUT2D eigenvalue weighted by Gasteiger charge is 2.19. The lowest BCUT2D eigenvalue weighted by atomic mass is 10.1. The smallest absolute Gasteiger partial charge is 0.254 e. The van der Waals surface area contributed by atoms with E-state index in [1.807, 2.05) is 0 Å². The molecule has 1 aliphatic heterocycles. The Hall–Kier alpha value is -1.42. The Morgan fingerprint density at radius 3 is 3.00 bits per heavy atom. The second kappa shape index (κ2) is 4.61. The molecule has 1 atom stereocenters. The predicted molar refractivity (Wildman–Crippen MR) is 59.9 cm³/mol. The fourth-order valence-corrected chi connectivity index (χ4v) is 1.85. The van der Waals surface area contributed by atoms with Gasteiger partial charge in [0.05, 0.1) is 5.56 Å². The number of hydrogen-bond donors (Lipinski definition) is 2. The van der Waals surface area contributed by atoms with Crippen LogP contribution in [0.5, 0.6) is 0 Å². The van der Waals surface area contributed by atoms with Crippen LogP contribution in [0.4, 0.5) is 4.39 Å². The zero-order valence-corrected chi connectivity index (χ0v) is 9.22. The molecule has 0 aromatic heterocycles. The molecule has 0 radical (unpaired) electrons. The fraction of sp³-hybridized carbons (Fsp3) is 0.417. The zero-order chi connectivity index (χ0) is 11.5. The molecule has 1 aliphatic rings. The highest BCUT2D eigenvalue weighted by atomic mass is 19.1. The van der Waals surface area contributed by atoms with Crippen molar-refractivity contribution in [1.82, 2.24) is 10.6 Å². The van der Waals surface area contributed by atoms with Crippen molar-refractivity contribution >= 4 is 5.91 Å². The van der Waals surface area contributed by atoms with Crippen LogP contribution in [-0.2, 0) is 0 Å². The Balaban J connectivity index is 2.08. The number of aryl methyl sites for hydroxylation is 1. The summed E-state index contributed by atoms with van der Waals surface area (Å²) < 4.78 is 13.5. The van der Waals surface area contributed by atoms with E-state index < -0.39 is 5.82 Å². The van der Waals surface area contributed by atoms with E-state index in [0.29, 0.717) is 0 Å². The van der Waals surface area contributed by atoms with E-state index in [1.165, 1.54) is 12.1 Å². The number of hydrogen-bond acceptors (Lipinski definition) is 2. The fourth-order valence-electron chi connectivity index (χ4n) is 1.85. The van der Waals surface area contributed by atoms with Gasteiger partial charge in [-0.1, -0.05) is 6.07 Å². The third-order valence-corrected chi connectivity index (χ3v) is 2.76. The van der Waals surface area contributed by atoms with Crippen LogP contribution in [0.25, 0.3) is 0 Å². The van der Waals surface area contributed by atoms with Gasteiger partial charge in [0, 0.05) is 12.6 Å². The zero-order valence-electron chi connectivity index (χ0n) is 9.22. The van der Waals surface area contributed by atoms with E-state index in [2.05, 4.69) is 10.6 Å². The van der Waals surface area contributed by atoms with E-state index in [4.69, 9.17) is 0 Å². The Labute approximate surface area is 94.0 Å². The van der Waals surface area contributed by atoms with Crippen LogP contribution < -0.4 is 10.6 Å². The normalized spacial score (nSPS) is 19.8. The van der Waals surface area contributed by atoms with E-state index in [-0.39, 0.29) is 17.5 Å². The van der Waals surface area contributed by atoms with Gasteiger partial charge in [-0.25, -0.2) is 4.39 Å². The van der Waals surface area contributed by atoms with Crippen LogP contribution in [0, 0.1) is 12.7 Å². The van der Waals surface area contributed by atoms with Crippen LogP contribution in [0.15, 0.2) is 18.2 Å². The van der Waals surface area contributed by atoms with Crippen LogP contribution in [0.3, 0.4) is 0 Å². The lowest BCUT2D eigenvalue weighted by Gasteiger charge is -2.11. The summed E-state index contributed by atoms with van der Waals surface area (Å²) in [6, 6.07) is 4.77. The number of carbonyl (C=O) groups excluding carboxylic acids is 1. The molecule has 0 aliphatic carbocycles. The summed E-state index contributed by atoms with van der Waals surface area (Å²) in [5, 5.41) is 5.96. The van der Waals surface area contributed by atoms with Gasteiger partial charge in [-0.15, -0.1) is 0 Å². The first kappa shape index (κ1) is 11.1. The minimum atomic E-state index is -0.455. The van der Waals surface area contributed by atoms with Gasteiger partial charge >= 0.3 is 0 Å². The Morgan fingerprint density at radius 1 is 1.56 bits per heavy atom. The van der Waals surface area contributed by atoms with E-state index in [9.17, 15) is 9.18 Å². The van der Waals surface area contributed by atoms with Crippen molar-refractivity contribution in [3.8, 4) is 0 Å². The lowest BCUT2D eigenvalue weighted by molar-refractivity contribution is 0.0936. The summed E-state index contributed by atoms with van der Waals surface area (Å²) in [6.45, 7) is 3.46. The van der Waals surface area contributed by atoms with Crippen molar-refractivity contribution in [2.24, 2.45) is 0 Å². The van der Waals surface area contributed by atoms with Crippen molar-refractivity contribution in [2.75, 3.05) is 13.1 Å². The molecule has 0 spiro atoms. The quantitative estimate of drug-likeness (QED) is 0.790. The van der Waals surface area contributed by atoms with E-state index in [0.717, 1.165) is 25.1 Å². The number of benzene rings is 1. The molecular weight excluding hydrogens is 207 g/mol. The molecule has 1 fully saturated rings. The molecular formula is C12H15FN2O. The first-order chi connectivity index (χ1) is 7.66. The van der Waals surface area contributed by atoms with Crippen molar-refractivity contribution in [3.05, 3.63) is 35.1 Å². The van der Waals surface area contributed by atoms with Crippen molar-refractivity contribution < 1.29 is 9.18 Å². The molecule has 1 aromatic rings. The molecule has 1 heterocycles. The van der Waals surface area contributed by atoms with Gasteiger partial charge in [-0.05, 0) is 37.6 Å². The maximum Gasteiger partial charge on any atom is 0.254 e. The third kappa shape index (κ3) is 2.39. The first-order valence-electron chi connectivity index (χ1n) is 5.44. The standard InChI is InChI=1S/C12H15FN2O/c1-8-2-3-10(11(13)6-8)12(16)15-9-4-5-14-7-9/h2-3,6,9,14H,4-5,7H2,1H3,(H,15,16). The molecule has 0 bridgehead atoms. The molecule has 86 valence electrons. The largest absolute Gasteiger partial charge is 0.348 e. The van der Waals surface area contributed by atoms with Gasteiger partial charge in [0.1, 0.15) is 5.82 Å². The first-order valence-corrected chi connectivity index (χ1v) is 5.44. The second-order valence-corrected chi connectivity index (χ2v) is 4.15. The minimum Gasteiger partial charge on any atom is -0.348 e. The molecule has 16 heavy (non-hydrogen) atoms. The predicted octanol–water partition coefficient (Wildman–Crippen LogP) is 1.23. The summed E-state index contributed by atoms with van der Waals surface area (Å²) in [6.07, 6.45) is 0.902. The highest BCUT2D eigenvalue weighted by Crippen LogP contribution is 2.10. The number of nitrogens with one attached hydrogen (secondary N) is 2. The highest BCUT2D eigenvalue weighted by molar-refractivity contribution is 5.94. The Kier molecular flexibility index (Phi) is 3.19. The average Bonchev–Trinajstić information content (AvgIpc) is 2.70. The van der Waals surface area contributed by atoms with Crippen LogP contribution in [0.2, 0.25) is 0 Å². The van der Waals surface area contributed by atoms with Gasteiger partial charge in [-0.3, -0.25) is 4.79 Å².